The molecule has 0 saturated carbocycles. The summed E-state index contributed by atoms with van der Waals surface area (Å²) in [6.45, 7) is 26.8. The lowest BCUT2D eigenvalue weighted by atomic mass is 9.79. The molecule has 2 heterocycles. The highest BCUT2D eigenvalue weighted by molar-refractivity contribution is 5.86. The second kappa shape index (κ2) is 40.7. The van der Waals surface area contributed by atoms with Crippen molar-refractivity contribution in [2.24, 2.45) is 5.41 Å². The predicted molar refractivity (Wildman–Crippen MR) is 234 cm³/mol. The minimum atomic E-state index is -0.656. The van der Waals surface area contributed by atoms with Crippen LogP contribution in [-0.4, -0.2) is 83.9 Å². The Hall–Kier alpha value is -3.96. The van der Waals surface area contributed by atoms with Gasteiger partial charge in [-0.2, -0.15) is 0 Å². The Balaban J connectivity index is -0.000000106. The molecule has 2 aliphatic heterocycles. The van der Waals surface area contributed by atoms with Crippen molar-refractivity contribution in [3.63, 3.8) is 0 Å². The Morgan fingerprint density at radius 1 is 0.804 bits per heavy atom. The molecule has 0 bridgehead atoms. The zero-order valence-electron chi connectivity index (χ0n) is 32.0. The number of rotatable bonds is 17. The van der Waals surface area contributed by atoms with Gasteiger partial charge < -0.3 is 28.7 Å². The first-order valence-electron chi connectivity index (χ1n) is 17.7. The summed E-state index contributed by atoms with van der Waals surface area (Å²) in [4.78, 5) is 70.8. The van der Waals surface area contributed by atoms with Gasteiger partial charge in [0.15, 0.2) is 0 Å². The monoisotopic (exact) mass is 805 g/mol. The van der Waals surface area contributed by atoms with Crippen molar-refractivity contribution in [2.45, 2.75) is 183 Å². The quantitative estimate of drug-likeness (QED) is 0.0458. The van der Waals surface area contributed by atoms with Crippen molar-refractivity contribution >= 4 is 35.7 Å². The number of carbonyl (C=O) groups excluding carboxylic acids is 6. The minimum Gasteiger partial charge on any atom is -0.465 e. The van der Waals surface area contributed by atoms with E-state index >= 15 is 0 Å². The predicted octanol–water partition coefficient (Wildman–Crippen LogP) is 10.6. The number of esters is 4. The maximum absolute atomic E-state index is 12.7. The Bertz CT molecular complexity index is 1110. The van der Waals surface area contributed by atoms with Crippen LogP contribution >= 0.6 is 0 Å². The van der Waals surface area contributed by atoms with Crippen LogP contribution in [-0.2, 0) is 47.7 Å². The van der Waals surface area contributed by atoms with E-state index in [9.17, 15) is 28.8 Å². The third-order valence-electron chi connectivity index (χ3n) is 7.87. The van der Waals surface area contributed by atoms with Gasteiger partial charge in [0.2, 0.25) is 11.8 Å². The number of ether oxygens (including phenoxy) is 4. The molecule has 0 radical (unpaired) electrons. The second-order valence-corrected chi connectivity index (χ2v) is 12.5. The summed E-state index contributed by atoms with van der Waals surface area (Å²) in [5.41, 5.74) is -0.187. The summed E-state index contributed by atoms with van der Waals surface area (Å²) in [7, 11) is 0. The first-order chi connectivity index (χ1) is 23.5. The normalized spacial score (nSPS) is 13.9. The summed E-state index contributed by atoms with van der Waals surface area (Å²) in [6.07, 6.45) is 10.9. The van der Waals surface area contributed by atoms with E-state index in [0.29, 0.717) is 57.4 Å². The van der Waals surface area contributed by atoms with Crippen molar-refractivity contribution < 1.29 is 47.7 Å². The highest BCUT2D eigenvalue weighted by atomic mass is 16.5. The topological polar surface area (TPSA) is 146 Å². The fraction of sp³-hybridized carbons (Fsp3) is 0.727. The highest BCUT2D eigenvalue weighted by Gasteiger charge is 2.40. The average Bonchev–Trinajstić information content (AvgIpc) is 3.68. The zero-order chi connectivity index (χ0) is 38.7. The smallest absolute Gasteiger partial charge is 0.333 e. The van der Waals surface area contributed by atoms with Crippen molar-refractivity contribution in [3.05, 3.63) is 37.8 Å². The number of hydrogen-bond donors (Lipinski definition) is 0. The van der Waals surface area contributed by atoms with Crippen LogP contribution in [0.15, 0.2) is 37.8 Å². The van der Waals surface area contributed by atoms with E-state index in [2.05, 4.69) is 38.3 Å². The van der Waals surface area contributed by atoms with E-state index in [1.54, 1.807) is 18.0 Å². The van der Waals surface area contributed by atoms with Crippen LogP contribution in [0.25, 0.3) is 0 Å². The van der Waals surface area contributed by atoms with Crippen LogP contribution in [0.1, 0.15) is 171 Å². The van der Waals surface area contributed by atoms with Gasteiger partial charge in [-0.3, -0.25) is 24.0 Å². The number of nitrogens with zero attached hydrogens (tertiary/aromatic N) is 2. The maximum atomic E-state index is 12.7. The lowest BCUT2D eigenvalue weighted by Gasteiger charge is -2.36. The van der Waals surface area contributed by atoms with Crippen molar-refractivity contribution in [3.8, 4) is 0 Å². The first-order valence-corrected chi connectivity index (χ1v) is 17.7. The van der Waals surface area contributed by atoms with E-state index in [1.807, 2.05) is 25.7 Å². The molecule has 0 aromatic heterocycles. The molecule has 2 aliphatic rings. The van der Waals surface area contributed by atoms with Gasteiger partial charge >= 0.3 is 23.9 Å². The van der Waals surface area contributed by atoms with Crippen LogP contribution in [0.2, 0.25) is 0 Å². The summed E-state index contributed by atoms with van der Waals surface area (Å²) in [5, 5.41) is 0. The molecule has 0 aliphatic carbocycles. The molecule has 334 valence electrons. The molecule has 3 atom stereocenters. The van der Waals surface area contributed by atoms with E-state index in [4.69, 9.17) is 14.2 Å². The first kappa shape index (κ1) is 69.9. The summed E-state index contributed by atoms with van der Waals surface area (Å²) < 4.78 is 19.7. The Morgan fingerprint density at radius 3 is 1.62 bits per heavy atom. The molecule has 12 heteroatoms. The largest absolute Gasteiger partial charge is 0.465 e. The van der Waals surface area contributed by atoms with Gasteiger partial charge in [-0.15, -0.1) is 0 Å². The van der Waals surface area contributed by atoms with Crippen LogP contribution in [0, 0.1) is 5.41 Å². The second-order valence-electron chi connectivity index (χ2n) is 12.5. The molecule has 3 unspecified atom stereocenters. The third-order valence-corrected chi connectivity index (χ3v) is 7.87. The van der Waals surface area contributed by atoms with Gasteiger partial charge in [-0.05, 0) is 65.5 Å². The lowest BCUT2D eigenvalue weighted by Crippen LogP contribution is -2.44. The van der Waals surface area contributed by atoms with Gasteiger partial charge in [0.05, 0.1) is 24.9 Å². The number of hydrogen-bond acceptors (Lipinski definition) is 10. The summed E-state index contributed by atoms with van der Waals surface area (Å²) >= 11 is 0. The number of likely N-dealkylation sites (tertiary alicyclic amines) is 2. The van der Waals surface area contributed by atoms with Gasteiger partial charge in [-0.1, -0.05) is 97.9 Å². The van der Waals surface area contributed by atoms with Crippen LogP contribution in [0.4, 0.5) is 0 Å². The molecule has 2 amide bonds. The Morgan fingerprint density at radius 2 is 1.30 bits per heavy atom. The standard InChI is InChI=1S/C20H35NO5.C8H14O2.C6H9NO.C4H6O2.6CH4/c1-6-8-12-25-19(24)20(5,7-2)14-17(13-15(3)26-16(4)22)21-11-9-10-18(21)23;1-4-5-6-10-8(9)7(2)3;1-2-7-5-3-4-6(7)8;1-3-6-4(2)5;;;;;;/h15,17H,6-14H2,1-5H3;2,4-6H2,1,3H3;2H,1,3-5H2;3H,1H2,2H3;6*1H4. The molecule has 12 nitrogen and oxygen atoms in total. The van der Waals surface area contributed by atoms with Gasteiger partial charge in [-0.25, -0.2) is 4.79 Å². The Kier molecular flexibility index (Phi) is 50.8. The molecule has 0 aromatic carbocycles. The molecule has 2 rings (SSSR count). The zero-order valence-corrected chi connectivity index (χ0v) is 32.0. The lowest BCUT2D eigenvalue weighted by molar-refractivity contribution is -0.158. The molecule has 0 aromatic rings. The molecule has 0 N–H and O–H groups in total. The van der Waals surface area contributed by atoms with Crippen molar-refractivity contribution in [1.82, 2.24) is 9.80 Å². The van der Waals surface area contributed by atoms with E-state index in [0.717, 1.165) is 51.3 Å². The summed E-state index contributed by atoms with van der Waals surface area (Å²) in [5.74, 6) is -0.826. The number of amides is 2. The van der Waals surface area contributed by atoms with E-state index in [-0.39, 0.29) is 92.4 Å². The molecule has 2 fully saturated rings. The third kappa shape index (κ3) is 32.3. The van der Waals surface area contributed by atoms with Gasteiger partial charge in [0.1, 0.15) is 6.10 Å². The Labute approximate surface area is 344 Å². The fourth-order valence-electron chi connectivity index (χ4n) is 4.88. The summed E-state index contributed by atoms with van der Waals surface area (Å²) in [6, 6.07) is -0.136. The number of carbonyl (C=O) groups is 6. The van der Waals surface area contributed by atoms with E-state index < -0.39 is 5.41 Å². The highest BCUT2D eigenvalue weighted by Crippen LogP contribution is 2.34. The SMILES string of the molecule is C.C.C.C.C.C.C=C(C)C(=O)OCCCC.C=CN1CCCC1=O.C=COC(C)=O.CCCCOC(=O)C(C)(CC)CC(CC(C)OC(C)=O)N1CCCC1=O. The van der Waals surface area contributed by atoms with Crippen molar-refractivity contribution in [1.29, 1.82) is 0 Å². The molecule has 0 spiro atoms. The van der Waals surface area contributed by atoms with Crippen LogP contribution in [0.3, 0.4) is 0 Å². The van der Waals surface area contributed by atoms with Crippen LogP contribution < -0.4 is 0 Å². The molecular weight excluding hydrogens is 716 g/mol. The van der Waals surface area contributed by atoms with Gasteiger partial charge in [0.25, 0.3) is 0 Å². The fourth-order valence-corrected chi connectivity index (χ4v) is 4.88. The van der Waals surface area contributed by atoms with Crippen LogP contribution in [0.5, 0.6) is 0 Å². The van der Waals surface area contributed by atoms with E-state index in [1.165, 1.54) is 13.8 Å². The van der Waals surface area contributed by atoms with Gasteiger partial charge in [0, 0.05) is 57.8 Å². The number of unbranched alkanes of at least 4 members (excludes halogenated alkanes) is 2. The minimum absolute atomic E-state index is 0. The maximum Gasteiger partial charge on any atom is 0.333 e. The molecule has 2 saturated heterocycles. The molecule has 56 heavy (non-hydrogen) atoms. The molecular formula is C44H88N2O10. The average molecular weight is 805 g/mol. The van der Waals surface area contributed by atoms with Crippen molar-refractivity contribution in [2.75, 3.05) is 26.3 Å².